The van der Waals surface area contributed by atoms with E-state index in [1.807, 2.05) is 0 Å². The summed E-state index contributed by atoms with van der Waals surface area (Å²) >= 11 is 0. The van der Waals surface area contributed by atoms with Crippen molar-refractivity contribution in [1.29, 1.82) is 0 Å². The van der Waals surface area contributed by atoms with Crippen LogP contribution in [0, 0.1) is 0 Å². The van der Waals surface area contributed by atoms with Gasteiger partial charge in [0.05, 0.1) is 0 Å². The summed E-state index contributed by atoms with van der Waals surface area (Å²) in [5.74, 6) is 0. The van der Waals surface area contributed by atoms with Gasteiger partial charge in [0.25, 0.3) is 0 Å². The molecule has 1 atom stereocenters. The monoisotopic (exact) mass is 143 g/mol. The van der Waals surface area contributed by atoms with E-state index in [-0.39, 0.29) is 0 Å². The molecule has 0 spiro atoms. The van der Waals surface area contributed by atoms with E-state index in [4.69, 9.17) is 5.73 Å². The van der Waals surface area contributed by atoms with Gasteiger partial charge in [-0.2, -0.15) is 0 Å². The molecule has 0 aliphatic carbocycles. The van der Waals surface area contributed by atoms with Crippen LogP contribution in [0.3, 0.4) is 0 Å². The third-order valence-electron chi connectivity index (χ3n) is 1.97. The van der Waals surface area contributed by atoms with Crippen molar-refractivity contribution in [2.24, 2.45) is 5.73 Å². The summed E-state index contributed by atoms with van der Waals surface area (Å²) in [5.41, 5.74) is 5.55. The molecular weight excluding hydrogens is 126 g/mol. The SMILES string of the molecule is CN1CCCNC(CN)C1. The zero-order chi connectivity index (χ0) is 7.40. The molecule has 0 aromatic carbocycles. The lowest BCUT2D eigenvalue weighted by molar-refractivity contribution is 0.326. The van der Waals surface area contributed by atoms with E-state index in [2.05, 4.69) is 17.3 Å². The van der Waals surface area contributed by atoms with Crippen LogP contribution in [-0.2, 0) is 0 Å². The summed E-state index contributed by atoms with van der Waals surface area (Å²) in [6.07, 6.45) is 1.24. The second-order valence-corrected chi connectivity index (χ2v) is 3.00. The topological polar surface area (TPSA) is 41.3 Å². The first-order valence-corrected chi connectivity index (χ1v) is 3.95. The van der Waals surface area contributed by atoms with E-state index in [1.165, 1.54) is 13.0 Å². The molecule has 10 heavy (non-hydrogen) atoms. The van der Waals surface area contributed by atoms with Gasteiger partial charge in [0.15, 0.2) is 0 Å². The second kappa shape index (κ2) is 3.91. The zero-order valence-corrected chi connectivity index (χ0v) is 6.64. The van der Waals surface area contributed by atoms with E-state index in [9.17, 15) is 0 Å². The largest absolute Gasteiger partial charge is 0.329 e. The lowest BCUT2D eigenvalue weighted by atomic mass is 10.3. The molecule has 0 amide bonds. The van der Waals surface area contributed by atoms with Crippen molar-refractivity contribution < 1.29 is 0 Å². The van der Waals surface area contributed by atoms with Crippen LogP contribution in [0.25, 0.3) is 0 Å². The van der Waals surface area contributed by atoms with Gasteiger partial charge in [-0.1, -0.05) is 0 Å². The Labute approximate surface area is 62.6 Å². The highest BCUT2D eigenvalue weighted by molar-refractivity contribution is 4.74. The van der Waals surface area contributed by atoms with E-state index < -0.39 is 0 Å². The Morgan fingerprint density at radius 2 is 2.50 bits per heavy atom. The van der Waals surface area contributed by atoms with Crippen molar-refractivity contribution in [1.82, 2.24) is 10.2 Å². The highest BCUT2D eigenvalue weighted by atomic mass is 15.1. The van der Waals surface area contributed by atoms with Crippen LogP contribution in [0.1, 0.15) is 6.42 Å². The van der Waals surface area contributed by atoms with Gasteiger partial charge in [-0.25, -0.2) is 0 Å². The van der Waals surface area contributed by atoms with Gasteiger partial charge in [0, 0.05) is 19.1 Å². The smallest absolute Gasteiger partial charge is 0.0317 e. The zero-order valence-electron chi connectivity index (χ0n) is 6.64. The summed E-state index contributed by atoms with van der Waals surface area (Å²) in [4.78, 5) is 2.33. The van der Waals surface area contributed by atoms with Crippen LogP contribution in [0.2, 0.25) is 0 Å². The molecule has 60 valence electrons. The molecular formula is C7H17N3. The minimum atomic E-state index is 0.507. The van der Waals surface area contributed by atoms with E-state index in [1.54, 1.807) is 0 Å². The first kappa shape index (κ1) is 7.98. The molecule has 1 aliphatic heterocycles. The van der Waals surface area contributed by atoms with Crippen LogP contribution in [-0.4, -0.2) is 44.2 Å². The molecule has 1 rings (SSSR count). The minimum Gasteiger partial charge on any atom is -0.329 e. The van der Waals surface area contributed by atoms with Crippen molar-refractivity contribution >= 4 is 0 Å². The summed E-state index contributed by atoms with van der Waals surface area (Å²) in [7, 11) is 2.15. The molecule has 3 nitrogen and oxygen atoms in total. The molecule has 0 bridgehead atoms. The Balaban J connectivity index is 2.30. The minimum absolute atomic E-state index is 0.507. The van der Waals surface area contributed by atoms with Crippen molar-refractivity contribution in [3.05, 3.63) is 0 Å². The predicted octanol–water partition coefficient (Wildman–Crippen LogP) is -0.761. The quantitative estimate of drug-likeness (QED) is 0.507. The van der Waals surface area contributed by atoms with Gasteiger partial charge in [-0.15, -0.1) is 0 Å². The number of likely N-dealkylation sites (N-methyl/N-ethyl adjacent to an activating group) is 1. The summed E-state index contributed by atoms with van der Waals surface area (Å²) in [6.45, 7) is 4.16. The molecule has 3 heteroatoms. The number of nitrogens with zero attached hydrogens (tertiary/aromatic N) is 1. The van der Waals surface area contributed by atoms with Crippen molar-refractivity contribution in [2.45, 2.75) is 12.5 Å². The van der Waals surface area contributed by atoms with Gasteiger partial charge in [-0.3, -0.25) is 0 Å². The summed E-state index contributed by atoms with van der Waals surface area (Å²) in [6, 6.07) is 0.507. The molecule has 0 aromatic heterocycles. The highest BCUT2D eigenvalue weighted by Crippen LogP contribution is 1.95. The van der Waals surface area contributed by atoms with E-state index in [0.717, 1.165) is 19.6 Å². The maximum absolute atomic E-state index is 5.55. The fourth-order valence-electron chi connectivity index (χ4n) is 1.35. The number of hydrogen-bond acceptors (Lipinski definition) is 3. The lowest BCUT2D eigenvalue weighted by Gasteiger charge is -2.18. The van der Waals surface area contributed by atoms with Crippen LogP contribution in [0.5, 0.6) is 0 Å². The molecule has 3 N–H and O–H groups in total. The van der Waals surface area contributed by atoms with Crippen LogP contribution < -0.4 is 11.1 Å². The van der Waals surface area contributed by atoms with Gasteiger partial charge < -0.3 is 16.0 Å². The van der Waals surface area contributed by atoms with Gasteiger partial charge >= 0.3 is 0 Å². The summed E-state index contributed by atoms with van der Waals surface area (Å²) < 4.78 is 0. The number of rotatable bonds is 1. The van der Waals surface area contributed by atoms with Crippen LogP contribution >= 0.6 is 0 Å². The predicted molar refractivity (Wildman–Crippen MR) is 43.0 cm³/mol. The first-order chi connectivity index (χ1) is 4.83. The molecule has 0 saturated carbocycles. The lowest BCUT2D eigenvalue weighted by Crippen LogP contribution is -2.41. The van der Waals surface area contributed by atoms with E-state index in [0.29, 0.717) is 6.04 Å². The standard InChI is InChI=1S/C7H17N3/c1-10-4-2-3-9-7(5-8)6-10/h7,9H,2-6,8H2,1H3. The Morgan fingerprint density at radius 1 is 1.70 bits per heavy atom. The molecule has 1 saturated heterocycles. The fraction of sp³-hybridized carbons (Fsp3) is 1.00. The van der Waals surface area contributed by atoms with Gasteiger partial charge in [-0.05, 0) is 26.6 Å². The third-order valence-corrected chi connectivity index (χ3v) is 1.97. The molecule has 0 radical (unpaired) electrons. The maximum Gasteiger partial charge on any atom is 0.0317 e. The molecule has 1 unspecified atom stereocenters. The van der Waals surface area contributed by atoms with Crippen molar-refractivity contribution in [3.63, 3.8) is 0 Å². The Bertz CT molecular complexity index is 94.9. The first-order valence-electron chi connectivity index (χ1n) is 3.95. The third kappa shape index (κ3) is 2.25. The second-order valence-electron chi connectivity index (χ2n) is 3.00. The Morgan fingerprint density at radius 3 is 3.20 bits per heavy atom. The Hall–Kier alpha value is -0.120. The average molecular weight is 143 g/mol. The fourth-order valence-corrected chi connectivity index (χ4v) is 1.35. The van der Waals surface area contributed by atoms with Crippen molar-refractivity contribution in [2.75, 3.05) is 33.2 Å². The molecule has 1 aliphatic rings. The Kier molecular flexibility index (Phi) is 3.12. The maximum atomic E-state index is 5.55. The van der Waals surface area contributed by atoms with Crippen molar-refractivity contribution in [3.8, 4) is 0 Å². The van der Waals surface area contributed by atoms with Gasteiger partial charge in [0.1, 0.15) is 0 Å². The molecule has 1 heterocycles. The number of nitrogens with one attached hydrogen (secondary N) is 1. The van der Waals surface area contributed by atoms with Gasteiger partial charge in [0.2, 0.25) is 0 Å². The number of nitrogens with two attached hydrogens (primary N) is 1. The molecule has 1 fully saturated rings. The normalized spacial score (nSPS) is 30.0. The number of hydrogen-bond donors (Lipinski definition) is 2. The average Bonchev–Trinajstić information content (AvgIpc) is 2.13. The van der Waals surface area contributed by atoms with Crippen LogP contribution in [0.4, 0.5) is 0 Å². The van der Waals surface area contributed by atoms with Crippen LogP contribution in [0.15, 0.2) is 0 Å². The molecule has 0 aromatic rings. The highest BCUT2D eigenvalue weighted by Gasteiger charge is 2.11. The van der Waals surface area contributed by atoms with E-state index >= 15 is 0 Å². The summed E-state index contributed by atoms with van der Waals surface area (Å²) in [5, 5.41) is 3.40.